The highest BCUT2D eigenvalue weighted by atomic mass is 16.2. The molecule has 1 aliphatic heterocycles. The molecule has 1 N–H and O–H groups in total. The number of hydrogen-bond donors (Lipinski definition) is 1. The molecule has 2 atom stereocenters. The number of carbonyl (C=O) groups excluding carboxylic acids is 2. The van der Waals surface area contributed by atoms with Gasteiger partial charge in [-0.05, 0) is 29.9 Å². The summed E-state index contributed by atoms with van der Waals surface area (Å²) in [4.78, 5) is 22.8. The molecular weight excluding hydrogens is 226 g/mol. The van der Waals surface area contributed by atoms with Crippen molar-refractivity contribution in [3.63, 3.8) is 0 Å². The molecule has 1 aliphatic rings. The van der Waals surface area contributed by atoms with Gasteiger partial charge in [-0.3, -0.25) is 14.9 Å². The summed E-state index contributed by atoms with van der Waals surface area (Å²) in [5, 5.41) is 2.40. The van der Waals surface area contributed by atoms with Crippen LogP contribution in [0.1, 0.15) is 57.5 Å². The Labute approximate surface area is 109 Å². The average molecular weight is 247 g/mol. The number of hydrogen-bond acceptors (Lipinski definition) is 2. The Morgan fingerprint density at radius 3 is 2.56 bits per heavy atom. The summed E-state index contributed by atoms with van der Waals surface area (Å²) in [6.45, 7) is 4.36. The molecule has 98 valence electrons. The predicted molar refractivity (Wildman–Crippen MR) is 72.4 cm³/mol. The maximum atomic E-state index is 11.7. The van der Waals surface area contributed by atoms with E-state index in [1.54, 1.807) is 0 Å². The van der Waals surface area contributed by atoms with Gasteiger partial charge < -0.3 is 0 Å². The number of nitrogens with one attached hydrogen (secondary N) is 1. The standard InChI is InChI=1S/C15H19NO2.H2/c1-3-10(2)11-4-6-12(7-5-11)13-8-9-14(17)16-15(13)18;/h4-7,10,13H,3,8-9H2,1-2H3,(H,16,17,18);1H. The molecule has 2 amide bonds. The number of benzene rings is 1. The van der Waals surface area contributed by atoms with Crippen LogP contribution < -0.4 is 5.32 Å². The molecule has 0 aliphatic carbocycles. The van der Waals surface area contributed by atoms with Gasteiger partial charge in [-0.25, -0.2) is 0 Å². The van der Waals surface area contributed by atoms with E-state index in [-0.39, 0.29) is 19.2 Å². The summed E-state index contributed by atoms with van der Waals surface area (Å²) in [6, 6.07) is 8.21. The Kier molecular flexibility index (Phi) is 3.80. The van der Waals surface area contributed by atoms with Crippen LogP contribution in [0.3, 0.4) is 0 Å². The molecule has 0 radical (unpaired) electrons. The van der Waals surface area contributed by atoms with E-state index < -0.39 is 0 Å². The molecule has 0 bridgehead atoms. The number of piperidine rings is 1. The second kappa shape index (κ2) is 5.34. The van der Waals surface area contributed by atoms with E-state index >= 15 is 0 Å². The van der Waals surface area contributed by atoms with Gasteiger partial charge >= 0.3 is 0 Å². The van der Waals surface area contributed by atoms with Gasteiger partial charge in [-0.1, -0.05) is 38.1 Å². The Hall–Kier alpha value is -1.64. The normalized spacial score (nSPS) is 21.6. The lowest BCUT2D eigenvalue weighted by molar-refractivity contribution is -0.134. The highest BCUT2D eigenvalue weighted by molar-refractivity contribution is 6.00. The summed E-state index contributed by atoms with van der Waals surface area (Å²) in [5.74, 6) is 0.0458. The molecule has 18 heavy (non-hydrogen) atoms. The fraction of sp³-hybridized carbons (Fsp3) is 0.467. The van der Waals surface area contributed by atoms with Crippen molar-refractivity contribution < 1.29 is 11.0 Å². The lowest BCUT2D eigenvalue weighted by Crippen LogP contribution is -2.39. The summed E-state index contributed by atoms with van der Waals surface area (Å²) in [6.07, 6.45) is 2.16. The lowest BCUT2D eigenvalue weighted by atomic mass is 9.88. The van der Waals surface area contributed by atoms with Gasteiger partial charge in [0.25, 0.3) is 0 Å². The van der Waals surface area contributed by atoms with Gasteiger partial charge in [0.15, 0.2) is 0 Å². The van der Waals surface area contributed by atoms with E-state index in [9.17, 15) is 9.59 Å². The van der Waals surface area contributed by atoms with Crippen molar-refractivity contribution in [1.29, 1.82) is 0 Å². The smallest absolute Gasteiger partial charge is 0.234 e. The van der Waals surface area contributed by atoms with Crippen molar-refractivity contribution >= 4 is 11.8 Å². The molecule has 1 heterocycles. The number of imide groups is 1. The fourth-order valence-electron chi connectivity index (χ4n) is 2.30. The third kappa shape index (κ3) is 2.61. The summed E-state index contributed by atoms with van der Waals surface area (Å²) in [5.41, 5.74) is 2.31. The first kappa shape index (κ1) is 12.8. The van der Waals surface area contributed by atoms with E-state index in [1.807, 2.05) is 12.1 Å². The maximum Gasteiger partial charge on any atom is 0.234 e. The number of rotatable bonds is 3. The van der Waals surface area contributed by atoms with Crippen molar-refractivity contribution in [3.8, 4) is 0 Å². The maximum absolute atomic E-state index is 11.7. The predicted octanol–water partition coefficient (Wildman–Crippen LogP) is 2.97. The monoisotopic (exact) mass is 247 g/mol. The Bertz CT molecular complexity index is 456. The third-order valence-corrected chi connectivity index (χ3v) is 3.76. The molecule has 1 aromatic rings. The van der Waals surface area contributed by atoms with E-state index in [0.717, 1.165) is 12.0 Å². The minimum Gasteiger partial charge on any atom is -0.296 e. The molecule has 3 heteroatoms. The molecule has 0 saturated carbocycles. The molecule has 0 aromatic heterocycles. The molecule has 1 saturated heterocycles. The van der Waals surface area contributed by atoms with Crippen LogP contribution in [0.2, 0.25) is 0 Å². The van der Waals surface area contributed by atoms with Gasteiger partial charge in [-0.15, -0.1) is 0 Å². The van der Waals surface area contributed by atoms with Gasteiger partial charge in [0, 0.05) is 7.85 Å². The molecule has 1 fully saturated rings. The van der Waals surface area contributed by atoms with Crippen LogP contribution in [-0.2, 0) is 9.59 Å². The second-order valence-electron chi connectivity index (χ2n) is 4.98. The average Bonchev–Trinajstić information content (AvgIpc) is 2.38. The van der Waals surface area contributed by atoms with Crippen LogP contribution in [-0.4, -0.2) is 11.8 Å². The summed E-state index contributed by atoms with van der Waals surface area (Å²) < 4.78 is 0. The zero-order valence-electron chi connectivity index (χ0n) is 10.9. The van der Waals surface area contributed by atoms with Crippen LogP contribution in [0.25, 0.3) is 0 Å². The lowest BCUT2D eigenvalue weighted by Gasteiger charge is -2.21. The Morgan fingerprint density at radius 1 is 1.33 bits per heavy atom. The first-order chi connectivity index (χ1) is 8.61. The molecule has 3 nitrogen and oxygen atoms in total. The minimum atomic E-state index is -0.173. The van der Waals surface area contributed by atoms with Gasteiger partial charge in [0.05, 0.1) is 5.92 Å². The fourth-order valence-corrected chi connectivity index (χ4v) is 2.30. The van der Waals surface area contributed by atoms with E-state index in [4.69, 9.17) is 0 Å². The molecule has 1 aromatic carbocycles. The van der Waals surface area contributed by atoms with Crippen LogP contribution in [0.15, 0.2) is 24.3 Å². The Balaban J connectivity index is 0.00000180. The highest BCUT2D eigenvalue weighted by Gasteiger charge is 2.27. The third-order valence-electron chi connectivity index (χ3n) is 3.76. The van der Waals surface area contributed by atoms with Crippen LogP contribution in [0.5, 0.6) is 0 Å². The SMILES string of the molecule is CCC(C)c1ccc(C2CCC(=O)NC2=O)cc1.[HH]. The molecule has 0 spiro atoms. The molecule has 2 unspecified atom stereocenters. The second-order valence-corrected chi connectivity index (χ2v) is 4.98. The zero-order chi connectivity index (χ0) is 13.1. The largest absolute Gasteiger partial charge is 0.296 e. The van der Waals surface area contributed by atoms with Crippen molar-refractivity contribution in [1.82, 2.24) is 5.32 Å². The topological polar surface area (TPSA) is 46.2 Å². The van der Waals surface area contributed by atoms with E-state index in [2.05, 4.69) is 31.3 Å². The zero-order valence-corrected chi connectivity index (χ0v) is 10.9. The number of amides is 2. The number of carbonyl (C=O) groups is 2. The van der Waals surface area contributed by atoms with Crippen LogP contribution in [0, 0.1) is 0 Å². The van der Waals surface area contributed by atoms with E-state index in [1.165, 1.54) is 5.56 Å². The van der Waals surface area contributed by atoms with E-state index in [0.29, 0.717) is 18.8 Å². The van der Waals surface area contributed by atoms with Crippen molar-refractivity contribution in [2.24, 2.45) is 0 Å². The quantitative estimate of drug-likeness (QED) is 0.835. The van der Waals surface area contributed by atoms with Gasteiger partial charge in [0.2, 0.25) is 11.8 Å². The van der Waals surface area contributed by atoms with Gasteiger partial charge in [0.1, 0.15) is 0 Å². The minimum absolute atomic E-state index is 0. The van der Waals surface area contributed by atoms with Crippen molar-refractivity contribution in [2.45, 2.75) is 44.9 Å². The summed E-state index contributed by atoms with van der Waals surface area (Å²) in [7, 11) is 0. The first-order valence-corrected chi connectivity index (χ1v) is 6.55. The molecule has 2 rings (SSSR count). The Morgan fingerprint density at radius 2 is 2.00 bits per heavy atom. The summed E-state index contributed by atoms with van der Waals surface area (Å²) >= 11 is 0. The highest BCUT2D eigenvalue weighted by Crippen LogP contribution is 2.27. The van der Waals surface area contributed by atoms with Crippen LogP contribution >= 0.6 is 0 Å². The van der Waals surface area contributed by atoms with Crippen LogP contribution in [0.4, 0.5) is 0 Å². The van der Waals surface area contributed by atoms with Gasteiger partial charge in [-0.2, -0.15) is 0 Å². The first-order valence-electron chi connectivity index (χ1n) is 6.55. The molecular formula is C15H21NO2. The van der Waals surface area contributed by atoms with Crippen molar-refractivity contribution in [2.75, 3.05) is 0 Å². The van der Waals surface area contributed by atoms with Crippen molar-refractivity contribution in [3.05, 3.63) is 35.4 Å².